The van der Waals surface area contributed by atoms with Gasteiger partial charge in [0.15, 0.2) is 0 Å². The van der Waals surface area contributed by atoms with E-state index < -0.39 is 11.2 Å². The van der Waals surface area contributed by atoms with Gasteiger partial charge in [-0.1, -0.05) is 24.3 Å². The molecule has 272 valence electrons. The van der Waals surface area contributed by atoms with E-state index in [1.54, 1.807) is 9.80 Å². The number of nitrogens with one attached hydrogen (secondary N) is 2. The number of hydrogen-bond donors (Lipinski definition) is 2. The average Bonchev–Trinajstić information content (AvgIpc) is 3.92. The molecule has 0 bridgehead atoms. The Bertz CT molecular complexity index is 1920. The number of carbonyl (C=O) groups excluding carboxylic acids is 2. The van der Waals surface area contributed by atoms with Gasteiger partial charge in [-0.15, -0.1) is 0 Å². The lowest BCUT2D eigenvalue weighted by Crippen LogP contribution is -2.36. The number of imidazole rings is 2. The van der Waals surface area contributed by atoms with Crippen LogP contribution in [0.5, 0.6) is 11.5 Å². The molecule has 0 radical (unpaired) electrons. The molecule has 2 aromatic carbocycles. The van der Waals surface area contributed by atoms with Crippen molar-refractivity contribution in [2.75, 3.05) is 26.3 Å². The molecule has 2 atom stereocenters. The number of nitrogens with zero attached hydrogens (tertiary/aromatic N) is 4. The molecular weight excluding hydrogens is 660 g/mol. The van der Waals surface area contributed by atoms with Crippen molar-refractivity contribution in [1.29, 1.82) is 0 Å². The molecule has 4 aliphatic rings. The van der Waals surface area contributed by atoms with Crippen LogP contribution in [0.4, 0.5) is 9.59 Å². The van der Waals surface area contributed by atoms with Crippen molar-refractivity contribution in [3.8, 4) is 34.0 Å². The number of ether oxygens (including phenoxy) is 4. The Morgan fingerprint density at radius 3 is 1.52 bits per heavy atom. The van der Waals surface area contributed by atoms with Gasteiger partial charge in [-0.05, 0) is 79.4 Å². The second-order valence-electron chi connectivity index (χ2n) is 16.0. The maximum atomic E-state index is 12.9. The van der Waals surface area contributed by atoms with E-state index in [9.17, 15) is 9.59 Å². The van der Waals surface area contributed by atoms with Crippen molar-refractivity contribution in [1.82, 2.24) is 29.7 Å². The molecule has 2 aromatic heterocycles. The van der Waals surface area contributed by atoms with Crippen LogP contribution in [-0.2, 0) is 9.47 Å². The van der Waals surface area contributed by atoms with Gasteiger partial charge in [0.2, 0.25) is 0 Å². The Hall–Kier alpha value is -5.26. The Kier molecular flexibility index (Phi) is 8.30. The zero-order valence-electron chi connectivity index (χ0n) is 30.7. The highest BCUT2D eigenvalue weighted by molar-refractivity contribution is 5.98. The van der Waals surface area contributed by atoms with E-state index in [-0.39, 0.29) is 24.3 Å². The lowest BCUT2D eigenvalue weighted by Gasteiger charge is -2.30. The second-order valence-corrected chi connectivity index (χ2v) is 16.0. The lowest BCUT2D eigenvalue weighted by atomic mass is 9.89. The van der Waals surface area contributed by atoms with Crippen molar-refractivity contribution < 1.29 is 28.5 Å². The Balaban J connectivity index is 0.989. The van der Waals surface area contributed by atoms with Crippen LogP contribution in [0, 0.1) is 0 Å². The molecule has 8 rings (SSSR count). The summed E-state index contributed by atoms with van der Waals surface area (Å²) in [5, 5.41) is 0. The van der Waals surface area contributed by atoms with Gasteiger partial charge in [-0.25, -0.2) is 19.6 Å². The molecule has 12 nitrogen and oxygen atoms in total. The molecule has 0 aliphatic carbocycles. The summed E-state index contributed by atoms with van der Waals surface area (Å²) in [6, 6.07) is 12.1. The smallest absolute Gasteiger partial charge is 0.410 e. The number of aromatic amines is 2. The summed E-state index contributed by atoms with van der Waals surface area (Å²) >= 11 is 0. The standard InChI is InChI=1S/C40H46N6O6/c1-39(2,3)51-37(47)45-15-7-9-31(45)35-41-19-29(43-35)23-11-13-25-27-22-50-34-18-24(12-14-26(34)28(27)21-49-33(25)17-23)30-20-42-36(44-30)32-10-8-16-46(32)38(48)52-40(4,5)6/h11-14,17-20,31-32H,7-10,15-16,21-22H2,1-6H3,(H,41,43)(H,42,44). The van der Waals surface area contributed by atoms with Gasteiger partial charge in [0.05, 0.1) is 35.9 Å². The predicted octanol–water partition coefficient (Wildman–Crippen LogP) is 8.31. The molecule has 12 heteroatoms. The fourth-order valence-electron chi connectivity index (χ4n) is 7.56. The minimum absolute atomic E-state index is 0.151. The summed E-state index contributed by atoms with van der Waals surface area (Å²) in [6.07, 6.45) is 6.48. The maximum absolute atomic E-state index is 12.9. The Morgan fingerprint density at radius 2 is 1.12 bits per heavy atom. The van der Waals surface area contributed by atoms with Crippen LogP contribution in [0.25, 0.3) is 33.7 Å². The van der Waals surface area contributed by atoms with Gasteiger partial charge in [0.1, 0.15) is 47.6 Å². The first-order chi connectivity index (χ1) is 24.8. The number of fused-ring (bicyclic) bond motifs is 4. The summed E-state index contributed by atoms with van der Waals surface area (Å²) in [4.78, 5) is 45.6. The molecule has 4 aromatic rings. The highest BCUT2D eigenvalue weighted by Crippen LogP contribution is 2.45. The summed E-state index contributed by atoms with van der Waals surface area (Å²) in [5.41, 5.74) is 6.78. The van der Waals surface area contributed by atoms with Crippen LogP contribution in [0.2, 0.25) is 0 Å². The largest absolute Gasteiger partial charge is 0.488 e. The lowest BCUT2D eigenvalue weighted by molar-refractivity contribution is 0.0208. The highest BCUT2D eigenvalue weighted by atomic mass is 16.6. The quantitative estimate of drug-likeness (QED) is 0.216. The van der Waals surface area contributed by atoms with Gasteiger partial charge in [-0.2, -0.15) is 0 Å². The normalized spacial score (nSPS) is 19.8. The molecule has 0 spiro atoms. The summed E-state index contributed by atoms with van der Waals surface area (Å²) in [5.74, 6) is 3.10. The fourth-order valence-corrected chi connectivity index (χ4v) is 7.56. The van der Waals surface area contributed by atoms with Crippen LogP contribution in [0.3, 0.4) is 0 Å². The van der Waals surface area contributed by atoms with E-state index in [4.69, 9.17) is 18.9 Å². The van der Waals surface area contributed by atoms with Crippen molar-refractivity contribution in [3.63, 3.8) is 0 Å². The monoisotopic (exact) mass is 706 g/mol. The number of H-pyrrole nitrogens is 2. The van der Waals surface area contributed by atoms with Crippen LogP contribution < -0.4 is 9.47 Å². The van der Waals surface area contributed by atoms with E-state index in [0.29, 0.717) is 26.3 Å². The summed E-state index contributed by atoms with van der Waals surface area (Å²) < 4.78 is 24.1. The molecular formula is C40H46N6O6. The first kappa shape index (κ1) is 33.9. The van der Waals surface area contributed by atoms with Gasteiger partial charge in [-0.3, -0.25) is 9.80 Å². The SMILES string of the molecule is CC(C)(C)OC(=O)N1CCCC1c1ncc(-c2ccc3c(c2)OCC2=C3COc3cc(-c4cnc(C5CCCN5C(=O)OC(C)(C)C)[nH]4)ccc32)[nH]1. The number of amides is 2. The predicted molar refractivity (Wildman–Crippen MR) is 196 cm³/mol. The maximum Gasteiger partial charge on any atom is 0.410 e. The number of carbonyl (C=O) groups is 2. The fraction of sp³-hybridized carbons (Fsp3) is 0.450. The van der Waals surface area contributed by atoms with Gasteiger partial charge >= 0.3 is 12.2 Å². The Morgan fingerprint density at radius 1 is 0.692 bits per heavy atom. The molecule has 2 N–H and O–H groups in total. The summed E-state index contributed by atoms with van der Waals surface area (Å²) in [7, 11) is 0. The second kappa shape index (κ2) is 12.8. The van der Waals surface area contributed by atoms with Crippen molar-refractivity contribution in [2.24, 2.45) is 0 Å². The zero-order chi connectivity index (χ0) is 36.4. The van der Waals surface area contributed by atoms with E-state index in [1.165, 1.54) is 0 Å². The number of hydrogen-bond acceptors (Lipinski definition) is 8. The molecule has 0 saturated carbocycles. The minimum atomic E-state index is -0.555. The van der Waals surface area contributed by atoms with E-state index in [2.05, 4.69) is 44.2 Å². The van der Waals surface area contributed by atoms with Crippen LogP contribution in [0.1, 0.15) is 102 Å². The third-order valence-electron chi connectivity index (χ3n) is 9.93. The van der Waals surface area contributed by atoms with Crippen LogP contribution in [0.15, 0.2) is 48.8 Å². The van der Waals surface area contributed by atoms with Gasteiger partial charge in [0, 0.05) is 46.5 Å². The van der Waals surface area contributed by atoms with Crippen LogP contribution >= 0.6 is 0 Å². The number of rotatable bonds is 4. The third kappa shape index (κ3) is 6.50. The molecule has 52 heavy (non-hydrogen) atoms. The van der Waals surface area contributed by atoms with E-state index in [1.807, 2.05) is 66.1 Å². The first-order valence-corrected chi connectivity index (χ1v) is 18.2. The third-order valence-corrected chi connectivity index (χ3v) is 9.93. The number of benzene rings is 2. The van der Waals surface area contributed by atoms with Crippen LogP contribution in [-0.4, -0.2) is 79.4 Å². The molecule has 4 aliphatic heterocycles. The number of aromatic nitrogens is 4. The average molecular weight is 707 g/mol. The molecule has 2 saturated heterocycles. The van der Waals surface area contributed by atoms with E-state index in [0.717, 1.165) is 93.6 Å². The van der Waals surface area contributed by atoms with Crippen molar-refractivity contribution in [3.05, 3.63) is 71.6 Å². The number of likely N-dealkylation sites (tertiary alicyclic amines) is 2. The molecule has 2 amide bonds. The molecule has 2 unspecified atom stereocenters. The highest BCUT2D eigenvalue weighted by Gasteiger charge is 2.37. The topological polar surface area (TPSA) is 135 Å². The summed E-state index contributed by atoms with van der Waals surface area (Å²) in [6.45, 7) is 13.4. The van der Waals surface area contributed by atoms with Crippen molar-refractivity contribution in [2.45, 2.75) is 90.5 Å². The Labute approximate surface area is 303 Å². The zero-order valence-corrected chi connectivity index (χ0v) is 30.7. The van der Waals surface area contributed by atoms with Gasteiger partial charge < -0.3 is 28.9 Å². The van der Waals surface area contributed by atoms with Crippen molar-refractivity contribution >= 4 is 23.3 Å². The first-order valence-electron chi connectivity index (χ1n) is 18.2. The molecule has 2 fully saturated rings. The van der Waals surface area contributed by atoms with E-state index >= 15 is 0 Å². The van der Waals surface area contributed by atoms with Gasteiger partial charge in [0.25, 0.3) is 0 Å². The minimum Gasteiger partial charge on any atom is -0.488 e. The molecule has 6 heterocycles.